The third kappa shape index (κ3) is 7.56. The Morgan fingerprint density at radius 1 is 1.15 bits per heavy atom. The smallest absolute Gasteiger partial charge is 0.361 e. The normalized spacial score (nSPS) is 22.5. The van der Waals surface area contributed by atoms with E-state index in [1.165, 1.54) is 12.8 Å². The van der Waals surface area contributed by atoms with Crippen LogP contribution < -0.4 is 5.32 Å². The Morgan fingerprint density at radius 2 is 1.77 bits per heavy atom. The van der Waals surface area contributed by atoms with Crippen LogP contribution in [0.4, 0.5) is 0 Å². The van der Waals surface area contributed by atoms with Crippen molar-refractivity contribution >= 4 is 17.8 Å². The van der Waals surface area contributed by atoms with Gasteiger partial charge in [0.05, 0.1) is 6.42 Å². The first-order chi connectivity index (χ1) is 12.4. The minimum atomic E-state index is -2.53. The van der Waals surface area contributed by atoms with Crippen molar-refractivity contribution in [1.82, 2.24) is 5.32 Å². The van der Waals surface area contributed by atoms with Crippen LogP contribution in [0.15, 0.2) is 12.2 Å². The van der Waals surface area contributed by atoms with E-state index < -0.39 is 29.7 Å². The summed E-state index contributed by atoms with van der Waals surface area (Å²) in [5.41, 5.74) is -2.53. The van der Waals surface area contributed by atoms with E-state index in [9.17, 15) is 19.5 Å². The highest BCUT2D eigenvalue weighted by Gasteiger charge is 2.54. The van der Waals surface area contributed by atoms with Crippen molar-refractivity contribution in [3.63, 3.8) is 0 Å². The Kier molecular flexibility index (Phi) is 9.95. The predicted molar refractivity (Wildman–Crippen MR) is 96.2 cm³/mol. The number of carbonyl (C=O) groups excluding carboxylic acids is 2. The van der Waals surface area contributed by atoms with Crippen molar-refractivity contribution in [2.24, 2.45) is 0 Å². The lowest BCUT2D eigenvalue weighted by Gasteiger charge is -2.24. The number of nitrogens with one attached hydrogen (secondary N) is 1. The molecule has 1 heterocycles. The predicted octanol–water partition coefficient (Wildman–Crippen LogP) is 2.67. The Hall–Kier alpha value is -1.89. The molecule has 7 nitrogen and oxygen atoms in total. The number of amides is 1. The van der Waals surface area contributed by atoms with E-state index in [1.54, 1.807) is 0 Å². The Labute approximate surface area is 154 Å². The number of carboxylic acids is 1. The molecule has 1 rings (SSSR count). The first kappa shape index (κ1) is 22.2. The number of hydrogen-bond donors (Lipinski definition) is 3. The maximum absolute atomic E-state index is 11.8. The van der Waals surface area contributed by atoms with E-state index in [4.69, 9.17) is 9.84 Å². The molecule has 2 atom stereocenters. The molecule has 1 aliphatic rings. The molecule has 1 fully saturated rings. The Balaban J connectivity index is 2.11. The van der Waals surface area contributed by atoms with Gasteiger partial charge in [-0.25, -0.2) is 4.79 Å². The molecule has 0 aromatic carbocycles. The molecule has 0 aromatic rings. The summed E-state index contributed by atoms with van der Waals surface area (Å²) in [5, 5.41) is 20.8. The molecular formula is C19H31NO6. The quantitative estimate of drug-likeness (QED) is 0.261. The fourth-order valence-electron chi connectivity index (χ4n) is 2.82. The number of allylic oxidation sites excluding steroid dienone is 2. The monoisotopic (exact) mass is 369 g/mol. The number of carboxylic acid groups (broad SMARTS) is 1. The van der Waals surface area contributed by atoms with E-state index in [0.717, 1.165) is 38.5 Å². The number of hydrogen-bond acceptors (Lipinski definition) is 5. The second-order valence-corrected chi connectivity index (χ2v) is 6.72. The minimum Gasteiger partial charge on any atom is -0.478 e. The number of carbonyl (C=O) groups is 3. The second kappa shape index (κ2) is 11.7. The van der Waals surface area contributed by atoms with Crippen molar-refractivity contribution in [2.75, 3.05) is 0 Å². The molecular weight excluding hydrogens is 338 g/mol. The van der Waals surface area contributed by atoms with Gasteiger partial charge in [-0.3, -0.25) is 9.59 Å². The highest BCUT2D eigenvalue weighted by atomic mass is 16.6. The summed E-state index contributed by atoms with van der Waals surface area (Å²) in [7, 11) is 0. The lowest BCUT2D eigenvalue weighted by atomic mass is 10.1. The number of rotatable bonds is 13. The number of ether oxygens (including phenoxy) is 1. The van der Waals surface area contributed by atoms with E-state index in [-0.39, 0.29) is 12.8 Å². The molecule has 0 bridgehead atoms. The molecule has 0 aliphatic carbocycles. The molecule has 0 radical (unpaired) electrons. The Bertz CT molecular complexity index is 504. The van der Waals surface area contributed by atoms with Crippen LogP contribution in [0.5, 0.6) is 0 Å². The molecule has 0 spiro atoms. The van der Waals surface area contributed by atoms with Crippen molar-refractivity contribution < 1.29 is 29.3 Å². The molecule has 26 heavy (non-hydrogen) atoms. The maximum Gasteiger partial charge on any atom is 0.361 e. The summed E-state index contributed by atoms with van der Waals surface area (Å²) in [4.78, 5) is 34.1. The van der Waals surface area contributed by atoms with Gasteiger partial charge < -0.3 is 20.3 Å². The molecule has 7 heteroatoms. The number of esters is 1. The number of aliphatic carboxylic acids is 1. The van der Waals surface area contributed by atoms with Crippen molar-refractivity contribution in [3.8, 4) is 0 Å². The van der Waals surface area contributed by atoms with Crippen LogP contribution in [0.25, 0.3) is 0 Å². The molecule has 0 saturated carbocycles. The van der Waals surface area contributed by atoms with Gasteiger partial charge >= 0.3 is 11.9 Å². The van der Waals surface area contributed by atoms with Gasteiger partial charge in [-0.05, 0) is 25.7 Å². The van der Waals surface area contributed by atoms with Crippen LogP contribution in [-0.4, -0.2) is 39.9 Å². The first-order valence-electron chi connectivity index (χ1n) is 9.51. The van der Waals surface area contributed by atoms with Crippen molar-refractivity contribution in [3.05, 3.63) is 12.2 Å². The first-order valence-corrected chi connectivity index (χ1v) is 9.51. The summed E-state index contributed by atoms with van der Waals surface area (Å²) >= 11 is 0. The van der Waals surface area contributed by atoms with Crippen molar-refractivity contribution in [1.29, 1.82) is 0 Å². The Morgan fingerprint density at radius 3 is 2.42 bits per heavy atom. The van der Waals surface area contributed by atoms with Crippen LogP contribution in [0.3, 0.4) is 0 Å². The van der Waals surface area contributed by atoms with Crippen LogP contribution in [0.1, 0.15) is 77.6 Å². The van der Waals surface area contributed by atoms with Gasteiger partial charge in [0.1, 0.15) is 0 Å². The highest BCUT2D eigenvalue weighted by molar-refractivity contribution is 5.91. The van der Waals surface area contributed by atoms with Gasteiger partial charge in [-0.15, -0.1) is 0 Å². The standard InChI is InChI=1S/C19H31NO6/c1-2-3-4-5-6-7-8-9-10-11-12-13-17(22)26-15-14-16(21)20-19(15,25)18(23)24/h5-6,15,25H,2-4,7-14H2,1H3,(H,20,21)(H,23,24)/t15?,19-/m1/s1. The second-order valence-electron chi connectivity index (χ2n) is 6.72. The molecule has 1 unspecified atom stereocenters. The van der Waals surface area contributed by atoms with Gasteiger partial charge in [0.15, 0.2) is 6.10 Å². The average molecular weight is 369 g/mol. The lowest BCUT2D eigenvalue weighted by Crippen LogP contribution is -2.56. The summed E-state index contributed by atoms with van der Waals surface area (Å²) in [6, 6.07) is 0. The van der Waals surface area contributed by atoms with E-state index >= 15 is 0 Å². The molecule has 1 saturated heterocycles. The zero-order valence-corrected chi connectivity index (χ0v) is 15.5. The van der Waals surface area contributed by atoms with Gasteiger partial charge in [-0.2, -0.15) is 0 Å². The van der Waals surface area contributed by atoms with Gasteiger partial charge in [0.2, 0.25) is 5.91 Å². The minimum absolute atomic E-state index is 0.150. The molecule has 1 amide bonds. The fourth-order valence-corrected chi connectivity index (χ4v) is 2.82. The van der Waals surface area contributed by atoms with Gasteiger partial charge in [0, 0.05) is 6.42 Å². The third-order valence-corrected chi connectivity index (χ3v) is 4.41. The highest BCUT2D eigenvalue weighted by Crippen LogP contribution is 2.23. The summed E-state index contributed by atoms with van der Waals surface area (Å²) in [6.07, 6.45) is 12.4. The summed E-state index contributed by atoms with van der Waals surface area (Å²) in [6.45, 7) is 2.18. The number of unbranched alkanes of at least 4 members (excludes halogenated alkanes) is 7. The van der Waals surface area contributed by atoms with Crippen LogP contribution >= 0.6 is 0 Å². The lowest BCUT2D eigenvalue weighted by molar-refractivity contribution is -0.182. The number of aliphatic hydroxyl groups is 1. The zero-order valence-electron chi connectivity index (χ0n) is 15.5. The third-order valence-electron chi connectivity index (χ3n) is 4.41. The topological polar surface area (TPSA) is 113 Å². The van der Waals surface area contributed by atoms with Crippen LogP contribution in [0, 0.1) is 0 Å². The fraction of sp³-hybridized carbons (Fsp3) is 0.737. The van der Waals surface area contributed by atoms with Gasteiger partial charge in [0.25, 0.3) is 5.72 Å². The SMILES string of the molecule is CCCCC=CCCCCCCCC(=O)OC1CC(=O)N[C@]1(O)C(=O)O. The summed E-state index contributed by atoms with van der Waals surface area (Å²) < 4.78 is 4.99. The van der Waals surface area contributed by atoms with Gasteiger partial charge in [-0.1, -0.05) is 51.2 Å². The largest absolute Gasteiger partial charge is 0.478 e. The van der Waals surface area contributed by atoms with E-state index in [1.807, 2.05) is 5.32 Å². The van der Waals surface area contributed by atoms with Crippen LogP contribution in [-0.2, 0) is 19.1 Å². The zero-order chi connectivity index (χ0) is 19.4. The van der Waals surface area contributed by atoms with Crippen LogP contribution in [0.2, 0.25) is 0 Å². The van der Waals surface area contributed by atoms with Crippen molar-refractivity contribution in [2.45, 2.75) is 89.4 Å². The molecule has 148 valence electrons. The molecule has 1 aliphatic heterocycles. The maximum atomic E-state index is 11.8. The molecule has 3 N–H and O–H groups in total. The van der Waals surface area contributed by atoms with E-state index in [0.29, 0.717) is 6.42 Å². The summed E-state index contributed by atoms with van der Waals surface area (Å²) in [5.74, 6) is -2.88. The average Bonchev–Trinajstić information content (AvgIpc) is 2.87. The van der Waals surface area contributed by atoms with E-state index in [2.05, 4.69) is 19.1 Å². The molecule has 0 aromatic heterocycles.